The Hall–Kier alpha value is -2.62. The molecule has 1 saturated heterocycles. The van der Waals surface area contributed by atoms with Gasteiger partial charge in [-0.25, -0.2) is 0 Å². The molecule has 1 aliphatic rings. The number of hydrogen-bond donors (Lipinski definition) is 1. The topological polar surface area (TPSA) is 57.6 Å². The Bertz CT molecular complexity index is 709. The highest BCUT2D eigenvalue weighted by Gasteiger charge is 2.38. The Morgan fingerprint density at radius 3 is 2.17 bits per heavy atom. The van der Waals surface area contributed by atoms with Crippen molar-refractivity contribution in [2.45, 2.75) is 19.4 Å². The molecule has 1 heterocycles. The Balaban J connectivity index is 1.77. The zero-order valence-electron chi connectivity index (χ0n) is 13.0. The number of carbonyl (C=O) groups excluding carboxylic acids is 1. The number of aliphatic carboxylic acids is 1. The van der Waals surface area contributed by atoms with E-state index < -0.39 is 11.9 Å². The van der Waals surface area contributed by atoms with Crippen LogP contribution in [0.15, 0.2) is 54.6 Å². The van der Waals surface area contributed by atoms with Gasteiger partial charge in [0.05, 0.1) is 5.92 Å². The molecule has 1 N–H and O–H groups in total. The molecule has 0 saturated carbocycles. The zero-order chi connectivity index (χ0) is 16.4. The molecule has 2 atom stereocenters. The van der Waals surface area contributed by atoms with E-state index in [1.807, 2.05) is 61.5 Å². The van der Waals surface area contributed by atoms with Crippen LogP contribution in [0, 0.1) is 5.92 Å². The Kier molecular flexibility index (Phi) is 4.15. The van der Waals surface area contributed by atoms with Gasteiger partial charge in [-0.1, -0.05) is 42.5 Å². The highest BCUT2D eigenvalue weighted by molar-refractivity contribution is 5.95. The van der Waals surface area contributed by atoms with Crippen molar-refractivity contribution in [3.05, 3.63) is 60.2 Å². The maximum absolute atomic E-state index is 12.6. The van der Waals surface area contributed by atoms with E-state index in [1.165, 1.54) is 0 Å². The molecule has 118 valence electrons. The summed E-state index contributed by atoms with van der Waals surface area (Å²) in [5, 5.41) is 9.18. The van der Waals surface area contributed by atoms with Crippen LogP contribution in [0.4, 0.5) is 0 Å². The molecule has 0 spiro atoms. The summed E-state index contributed by atoms with van der Waals surface area (Å²) in [4.78, 5) is 25.4. The van der Waals surface area contributed by atoms with Crippen LogP contribution in [0.25, 0.3) is 11.1 Å². The van der Waals surface area contributed by atoms with E-state index in [2.05, 4.69) is 0 Å². The van der Waals surface area contributed by atoms with Gasteiger partial charge in [-0.3, -0.25) is 9.59 Å². The number of amides is 1. The summed E-state index contributed by atoms with van der Waals surface area (Å²) in [7, 11) is 0. The molecular formula is C19H19NO3. The smallest absolute Gasteiger partial charge is 0.308 e. The SMILES string of the molecule is CC1C(C(=O)O)CCN1C(=O)c1ccc(-c2ccccc2)cc1. The number of hydrogen-bond acceptors (Lipinski definition) is 2. The molecule has 4 heteroatoms. The van der Waals surface area contributed by atoms with Crippen molar-refractivity contribution in [1.29, 1.82) is 0 Å². The number of likely N-dealkylation sites (tertiary alicyclic amines) is 1. The fraction of sp³-hybridized carbons (Fsp3) is 0.263. The van der Waals surface area contributed by atoms with E-state index in [9.17, 15) is 14.7 Å². The van der Waals surface area contributed by atoms with Crippen LogP contribution in [0.2, 0.25) is 0 Å². The third kappa shape index (κ3) is 2.97. The van der Waals surface area contributed by atoms with E-state index in [1.54, 1.807) is 4.90 Å². The largest absolute Gasteiger partial charge is 0.481 e. The normalized spacial score (nSPS) is 20.5. The molecule has 2 aromatic carbocycles. The predicted octanol–water partition coefficient (Wildman–Crippen LogP) is 3.29. The zero-order valence-corrected chi connectivity index (χ0v) is 13.0. The van der Waals surface area contributed by atoms with Gasteiger partial charge < -0.3 is 10.0 Å². The fourth-order valence-corrected chi connectivity index (χ4v) is 3.16. The van der Waals surface area contributed by atoms with Crippen LogP contribution >= 0.6 is 0 Å². The van der Waals surface area contributed by atoms with Crippen molar-refractivity contribution in [1.82, 2.24) is 4.90 Å². The predicted molar refractivity (Wildman–Crippen MR) is 88.1 cm³/mol. The lowest BCUT2D eigenvalue weighted by Gasteiger charge is -2.23. The van der Waals surface area contributed by atoms with E-state index in [0.29, 0.717) is 18.5 Å². The lowest BCUT2D eigenvalue weighted by atomic mass is 10.0. The minimum absolute atomic E-state index is 0.0964. The number of nitrogens with zero attached hydrogens (tertiary/aromatic N) is 1. The molecule has 3 rings (SSSR count). The number of carboxylic acid groups (broad SMARTS) is 1. The third-order valence-electron chi connectivity index (χ3n) is 4.57. The van der Waals surface area contributed by atoms with E-state index in [-0.39, 0.29) is 11.9 Å². The number of carboxylic acids is 1. The third-order valence-corrected chi connectivity index (χ3v) is 4.57. The van der Waals surface area contributed by atoms with Gasteiger partial charge in [0.2, 0.25) is 0 Å². The molecule has 1 aliphatic heterocycles. The van der Waals surface area contributed by atoms with Crippen LogP contribution in [-0.4, -0.2) is 34.5 Å². The van der Waals surface area contributed by atoms with Crippen LogP contribution in [0.3, 0.4) is 0 Å². The molecule has 0 aromatic heterocycles. The van der Waals surface area contributed by atoms with Crippen LogP contribution < -0.4 is 0 Å². The monoisotopic (exact) mass is 309 g/mol. The maximum atomic E-state index is 12.6. The van der Waals surface area contributed by atoms with Gasteiger partial charge >= 0.3 is 5.97 Å². The first-order valence-corrected chi connectivity index (χ1v) is 7.77. The first kappa shape index (κ1) is 15.3. The summed E-state index contributed by atoms with van der Waals surface area (Å²) in [6, 6.07) is 17.2. The van der Waals surface area contributed by atoms with E-state index >= 15 is 0 Å². The molecule has 4 nitrogen and oxygen atoms in total. The molecule has 0 bridgehead atoms. The van der Waals surface area contributed by atoms with E-state index in [4.69, 9.17) is 0 Å². The van der Waals surface area contributed by atoms with Crippen molar-refractivity contribution in [3.8, 4) is 11.1 Å². The average molecular weight is 309 g/mol. The minimum Gasteiger partial charge on any atom is -0.481 e. The summed E-state index contributed by atoms with van der Waals surface area (Å²) < 4.78 is 0. The van der Waals surface area contributed by atoms with Crippen LogP contribution in [0.5, 0.6) is 0 Å². The number of carbonyl (C=O) groups is 2. The minimum atomic E-state index is -0.827. The van der Waals surface area contributed by atoms with Gasteiger partial charge in [0.15, 0.2) is 0 Å². The second kappa shape index (κ2) is 6.24. The molecule has 0 aliphatic carbocycles. The Labute approximate surface area is 135 Å². The summed E-state index contributed by atoms with van der Waals surface area (Å²) in [5.74, 6) is -1.39. The fourth-order valence-electron chi connectivity index (χ4n) is 3.16. The molecule has 1 amide bonds. The lowest BCUT2D eigenvalue weighted by molar-refractivity contribution is -0.142. The van der Waals surface area contributed by atoms with Crippen LogP contribution in [-0.2, 0) is 4.79 Å². The van der Waals surface area contributed by atoms with Crippen molar-refractivity contribution in [2.75, 3.05) is 6.54 Å². The highest BCUT2D eigenvalue weighted by Crippen LogP contribution is 2.27. The van der Waals surface area contributed by atoms with Crippen molar-refractivity contribution >= 4 is 11.9 Å². The van der Waals surface area contributed by atoms with Gasteiger partial charge in [-0.2, -0.15) is 0 Å². The van der Waals surface area contributed by atoms with Crippen molar-refractivity contribution < 1.29 is 14.7 Å². The van der Waals surface area contributed by atoms with Crippen molar-refractivity contribution in [3.63, 3.8) is 0 Å². The maximum Gasteiger partial charge on any atom is 0.308 e. The van der Waals surface area contributed by atoms with Gasteiger partial charge in [0.25, 0.3) is 5.91 Å². The molecule has 23 heavy (non-hydrogen) atoms. The van der Waals surface area contributed by atoms with Gasteiger partial charge in [0.1, 0.15) is 0 Å². The van der Waals surface area contributed by atoms with Crippen molar-refractivity contribution in [2.24, 2.45) is 5.92 Å². The second-order valence-corrected chi connectivity index (χ2v) is 5.92. The second-order valence-electron chi connectivity index (χ2n) is 5.92. The Morgan fingerprint density at radius 2 is 1.61 bits per heavy atom. The van der Waals surface area contributed by atoms with Gasteiger partial charge in [-0.15, -0.1) is 0 Å². The molecule has 2 aromatic rings. The summed E-state index contributed by atoms with van der Waals surface area (Å²) in [5.41, 5.74) is 2.76. The van der Waals surface area contributed by atoms with Crippen LogP contribution in [0.1, 0.15) is 23.7 Å². The summed E-state index contributed by atoms with van der Waals surface area (Å²) in [6.45, 7) is 2.30. The Morgan fingerprint density at radius 1 is 1.00 bits per heavy atom. The average Bonchev–Trinajstić information content (AvgIpc) is 2.97. The standard InChI is InChI=1S/C19H19NO3/c1-13-17(19(22)23)11-12-20(13)18(21)16-9-7-15(8-10-16)14-5-3-2-4-6-14/h2-10,13,17H,11-12H2,1H3,(H,22,23). The highest BCUT2D eigenvalue weighted by atomic mass is 16.4. The lowest BCUT2D eigenvalue weighted by Crippen LogP contribution is -2.37. The molecule has 0 radical (unpaired) electrons. The number of benzene rings is 2. The number of rotatable bonds is 3. The molecule has 2 unspecified atom stereocenters. The molecular weight excluding hydrogens is 290 g/mol. The van der Waals surface area contributed by atoms with E-state index in [0.717, 1.165) is 11.1 Å². The van der Waals surface area contributed by atoms with Gasteiger partial charge in [0, 0.05) is 18.2 Å². The molecule has 1 fully saturated rings. The van der Waals surface area contributed by atoms with Gasteiger partial charge in [-0.05, 0) is 36.6 Å². The summed E-state index contributed by atoms with van der Waals surface area (Å²) >= 11 is 0. The first-order chi connectivity index (χ1) is 11.1. The quantitative estimate of drug-likeness (QED) is 0.946. The first-order valence-electron chi connectivity index (χ1n) is 7.77. The summed E-state index contributed by atoms with van der Waals surface area (Å²) in [6.07, 6.45) is 0.518.